The molecule has 1 aromatic heterocycles. The number of carbonyl (C=O) groups excluding carboxylic acids is 1. The van der Waals surface area contributed by atoms with Gasteiger partial charge in [0.2, 0.25) is 5.82 Å². The van der Waals surface area contributed by atoms with Gasteiger partial charge >= 0.3 is 0 Å². The van der Waals surface area contributed by atoms with E-state index in [-0.39, 0.29) is 30.2 Å². The van der Waals surface area contributed by atoms with Crippen molar-refractivity contribution in [3.63, 3.8) is 0 Å². The molecule has 0 radical (unpaired) electrons. The van der Waals surface area contributed by atoms with E-state index in [0.717, 1.165) is 29.3 Å². The number of hydrogen-bond donors (Lipinski definition) is 1. The van der Waals surface area contributed by atoms with Gasteiger partial charge in [0.25, 0.3) is 11.8 Å². The van der Waals surface area contributed by atoms with Crippen molar-refractivity contribution in [1.82, 2.24) is 15.5 Å². The van der Waals surface area contributed by atoms with Crippen LogP contribution in [0.1, 0.15) is 27.4 Å². The van der Waals surface area contributed by atoms with Crippen molar-refractivity contribution in [2.45, 2.75) is 20.1 Å². The van der Waals surface area contributed by atoms with Gasteiger partial charge < -0.3 is 14.6 Å². The SMILES string of the molecule is Cc1ccc(-c2noc(COc3ccccc3C(=O)NCc3cc(F)ccc3F)n2)cc1. The molecule has 0 aliphatic carbocycles. The Morgan fingerprint density at radius 3 is 2.66 bits per heavy atom. The summed E-state index contributed by atoms with van der Waals surface area (Å²) < 4.78 is 38.1. The molecule has 1 heterocycles. The fraction of sp³-hybridized carbons (Fsp3) is 0.125. The molecular weight excluding hydrogens is 416 g/mol. The fourth-order valence-corrected chi connectivity index (χ4v) is 3.00. The van der Waals surface area contributed by atoms with Crippen LogP contribution in [0, 0.1) is 18.6 Å². The van der Waals surface area contributed by atoms with Gasteiger partial charge in [-0.1, -0.05) is 47.1 Å². The first-order valence-electron chi connectivity index (χ1n) is 9.83. The van der Waals surface area contributed by atoms with E-state index in [1.165, 1.54) is 0 Å². The minimum absolute atomic E-state index is 0.0400. The number of nitrogens with one attached hydrogen (secondary N) is 1. The lowest BCUT2D eigenvalue weighted by Gasteiger charge is -2.11. The van der Waals surface area contributed by atoms with Crippen LogP contribution in [0.15, 0.2) is 71.3 Å². The number of nitrogens with zero attached hydrogens (tertiary/aromatic N) is 2. The molecule has 6 nitrogen and oxygen atoms in total. The second kappa shape index (κ2) is 9.38. The van der Waals surface area contributed by atoms with Gasteiger partial charge in [0.15, 0.2) is 6.61 Å². The van der Waals surface area contributed by atoms with Gasteiger partial charge in [-0.3, -0.25) is 4.79 Å². The molecule has 8 heteroatoms. The highest BCUT2D eigenvalue weighted by Crippen LogP contribution is 2.21. The standard InChI is InChI=1S/C24H19F2N3O3/c1-15-6-8-16(9-7-15)23-28-22(32-29-23)14-31-21-5-3-2-4-19(21)24(30)27-13-17-12-18(25)10-11-20(17)26/h2-12H,13-14H2,1H3,(H,27,30). The predicted molar refractivity (Wildman–Crippen MR) is 113 cm³/mol. The van der Waals surface area contributed by atoms with Crippen LogP contribution in [0.3, 0.4) is 0 Å². The number of benzene rings is 3. The number of carbonyl (C=O) groups is 1. The van der Waals surface area contributed by atoms with E-state index < -0.39 is 17.5 Å². The zero-order valence-electron chi connectivity index (χ0n) is 17.1. The lowest BCUT2D eigenvalue weighted by Crippen LogP contribution is -2.24. The maximum atomic E-state index is 13.8. The highest BCUT2D eigenvalue weighted by Gasteiger charge is 2.15. The van der Waals surface area contributed by atoms with Crippen molar-refractivity contribution in [3.8, 4) is 17.1 Å². The Kier molecular flexibility index (Phi) is 6.21. The zero-order chi connectivity index (χ0) is 22.5. The van der Waals surface area contributed by atoms with Crippen molar-refractivity contribution >= 4 is 5.91 Å². The molecule has 0 fully saturated rings. The van der Waals surface area contributed by atoms with E-state index in [1.807, 2.05) is 31.2 Å². The second-order valence-electron chi connectivity index (χ2n) is 7.08. The Morgan fingerprint density at radius 1 is 1.06 bits per heavy atom. The van der Waals surface area contributed by atoms with Gasteiger partial charge in [-0.25, -0.2) is 8.78 Å². The third kappa shape index (κ3) is 4.97. The summed E-state index contributed by atoms with van der Waals surface area (Å²) in [4.78, 5) is 16.9. The Labute approximate surface area is 182 Å². The van der Waals surface area contributed by atoms with Crippen molar-refractivity contribution in [2.24, 2.45) is 0 Å². The first-order chi connectivity index (χ1) is 15.5. The van der Waals surface area contributed by atoms with Crippen molar-refractivity contribution in [3.05, 3.63) is 101 Å². The number of rotatable bonds is 7. The third-order valence-electron chi connectivity index (χ3n) is 4.71. The van der Waals surface area contributed by atoms with Crippen molar-refractivity contribution in [1.29, 1.82) is 0 Å². The van der Waals surface area contributed by atoms with Crippen molar-refractivity contribution < 1.29 is 22.8 Å². The van der Waals surface area contributed by atoms with Crippen molar-refractivity contribution in [2.75, 3.05) is 0 Å². The van der Waals surface area contributed by atoms with Gasteiger partial charge in [-0.15, -0.1) is 0 Å². The van der Waals surface area contributed by atoms with Crippen LogP contribution in [0.2, 0.25) is 0 Å². The molecular formula is C24H19F2N3O3. The number of aromatic nitrogens is 2. The molecule has 0 saturated heterocycles. The minimum Gasteiger partial charge on any atom is -0.483 e. The van der Waals surface area contributed by atoms with Gasteiger partial charge in [-0.2, -0.15) is 4.98 Å². The molecule has 32 heavy (non-hydrogen) atoms. The second-order valence-corrected chi connectivity index (χ2v) is 7.08. The minimum atomic E-state index is -0.600. The van der Waals surface area contributed by atoms with E-state index in [2.05, 4.69) is 15.5 Å². The summed E-state index contributed by atoms with van der Waals surface area (Å²) in [6.45, 7) is 1.78. The molecule has 3 aromatic carbocycles. The summed E-state index contributed by atoms with van der Waals surface area (Å²) in [5.74, 6) is -0.694. The number of ether oxygens (including phenoxy) is 1. The molecule has 0 spiro atoms. The number of aryl methyl sites for hydroxylation is 1. The molecule has 0 bridgehead atoms. The Bertz CT molecular complexity index is 1240. The number of para-hydroxylation sites is 1. The highest BCUT2D eigenvalue weighted by atomic mass is 19.1. The van der Waals surface area contributed by atoms with Crippen LogP contribution in [0.5, 0.6) is 5.75 Å². The molecule has 1 amide bonds. The summed E-state index contributed by atoms with van der Waals surface area (Å²) >= 11 is 0. The molecule has 162 valence electrons. The van der Waals surface area contributed by atoms with Crippen LogP contribution < -0.4 is 10.1 Å². The maximum Gasteiger partial charge on any atom is 0.264 e. The van der Waals surface area contributed by atoms with Gasteiger partial charge in [0, 0.05) is 17.7 Å². The van der Waals surface area contributed by atoms with E-state index in [1.54, 1.807) is 24.3 Å². The number of hydrogen-bond acceptors (Lipinski definition) is 5. The lowest BCUT2D eigenvalue weighted by molar-refractivity contribution is 0.0945. The molecule has 4 rings (SSSR count). The van der Waals surface area contributed by atoms with Crippen LogP contribution >= 0.6 is 0 Å². The van der Waals surface area contributed by atoms with E-state index in [4.69, 9.17) is 9.26 Å². The first kappa shape index (κ1) is 21.2. The lowest BCUT2D eigenvalue weighted by atomic mass is 10.1. The van der Waals surface area contributed by atoms with Crippen LogP contribution in [0.25, 0.3) is 11.4 Å². The molecule has 4 aromatic rings. The summed E-state index contributed by atoms with van der Waals surface area (Å²) in [5, 5.41) is 6.53. The topological polar surface area (TPSA) is 77.2 Å². The summed E-state index contributed by atoms with van der Waals surface area (Å²) in [7, 11) is 0. The van der Waals surface area contributed by atoms with E-state index in [9.17, 15) is 13.6 Å². The summed E-state index contributed by atoms with van der Waals surface area (Å²) in [6.07, 6.45) is 0. The predicted octanol–water partition coefficient (Wildman–Crippen LogP) is 4.83. The number of halogens is 2. The highest BCUT2D eigenvalue weighted by molar-refractivity contribution is 5.96. The first-order valence-corrected chi connectivity index (χ1v) is 9.83. The number of amides is 1. The average Bonchev–Trinajstić information content (AvgIpc) is 3.28. The van der Waals surface area contributed by atoms with Crippen LogP contribution in [-0.2, 0) is 13.2 Å². The summed E-state index contributed by atoms with van der Waals surface area (Å²) in [5.41, 5.74) is 2.22. The molecule has 0 aliphatic heterocycles. The molecule has 0 atom stereocenters. The normalized spacial score (nSPS) is 10.7. The molecule has 0 unspecified atom stereocenters. The Morgan fingerprint density at radius 2 is 1.84 bits per heavy atom. The smallest absolute Gasteiger partial charge is 0.264 e. The largest absolute Gasteiger partial charge is 0.483 e. The van der Waals surface area contributed by atoms with Gasteiger partial charge in [-0.05, 0) is 37.3 Å². The quantitative estimate of drug-likeness (QED) is 0.450. The van der Waals surface area contributed by atoms with Crippen LogP contribution in [-0.4, -0.2) is 16.0 Å². The zero-order valence-corrected chi connectivity index (χ0v) is 17.1. The Hall–Kier alpha value is -4.07. The van der Waals surface area contributed by atoms with Gasteiger partial charge in [0.05, 0.1) is 5.56 Å². The van der Waals surface area contributed by atoms with E-state index in [0.29, 0.717) is 11.6 Å². The molecule has 1 N–H and O–H groups in total. The van der Waals surface area contributed by atoms with E-state index >= 15 is 0 Å². The fourth-order valence-electron chi connectivity index (χ4n) is 3.00. The monoisotopic (exact) mass is 435 g/mol. The maximum absolute atomic E-state index is 13.8. The van der Waals surface area contributed by atoms with Crippen LogP contribution in [0.4, 0.5) is 8.78 Å². The molecule has 0 aliphatic rings. The average molecular weight is 435 g/mol. The summed E-state index contributed by atoms with van der Waals surface area (Å²) in [6, 6.07) is 17.3. The molecule has 0 saturated carbocycles. The third-order valence-corrected chi connectivity index (χ3v) is 4.71. The Balaban J connectivity index is 1.42. The van der Waals surface area contributed by atoms with Gasteiger partial charge in [0.1, 0.15) is 17.4 Å².